The maximum Gasteiger partial charge on any atom is 0.255 e. The third kappa shape index (κ3) is 2.25. The van der Waals surface area contributed by atoms with Crippen LogP contribution in [-0.2, 0) is 0 Å². The van der Waals surface area contributed by atoms with Crippen LogP contribution in [0.2, 0.25) is 0 Å². The SMILES string of the molecule is CN(C)C(=O)c1ccccc1N=C=S. The van der Waals surface area contributed by atoms with Gasteiger partial charge in [-0.15, -0.1) is 0 Å². The van der Waals surface area contributed by atoms with Crippen LogP contribution in [0.3, 0.4) is 0 Å². The summed E-state index contributed by atoms with van der Waals surface area (Å²) in [5.74, 6) is -0.0883. The molecule has 0 bridgehead atoms. The fourth-order valence-corrected chi connectivity index (χ4v) is 1.14. The number of hydrogen-bond donors (Lipinski definition) is 0. The minimum absolute atomic E-state index is 0.0883. The Morgan fingerprint density at radius 2 is 2.07 bits per heavy atom. The molecule has 0 atom stereocenters. The third-order valence-electron chi connectivity index (χ3n) is 1.71. The van der Waals surface area contributed by atoms with E-state index in [1.807, 2.05) is 0 Å². The van der Waals surface area contributed by atoms with Gasteiger partial charge in [0.15, 0.2) is 0 Å². The first-order valence-corrected chi connectivity index (χ1v) is 4.46. The average Bonchev–Trinajstić information content (AvgIpc) is 2.18. The lowest BCUT2D eigenvalue weighted by atomic mass is 10.1. The van der Waals surface area contributed by atoms with Crippen molar-refractivity contribution in [3.05, 3.63) is 29.8 Å². The molecule has 0 aliphatic rings. The molecule has 72 valence electrons. The van der Waals surface area contributed by atoms with Gasteiger partial charge >= 0.3 is 0 Å². The summed E-state index contributed by atoms with van der Waals surface area (Å²) in [6.07, 6.45) is 0. The number of rotatable bonds is 2. The molecule has 14 heavy (non-hydrogen) atoms. The van der Waals surface area contributed by atoms with Crippen LogP contribution in [0.1, 0.15) is 10.4 Å². The van der Waals surface area contributed by atoms with Crippen LogP contribution in [0.25, 0.3) is 0 Å². The Balaban J connectivity index is 3.19. The van der Waals surface area contributed by atoms with Crippen molar-refractivity contribution in [3.8, 4) is 0 Å². The van der Waals surface area contributed by atoms with Crippen molar-refractivity contribution in [1.82, 2.24) is 4.90 Å². The van der Waals surface area contributed by atoms with Gasteiger partial charge in [-0.2, -0.15) is 4.99 Å². The molecule has 0 saturated carbocycles. The number of para-hydroxylation sites is 1. The predicted molar refractivity (Wildman–Crippen MR) is 59.1 cm³/mol. The smallest absolute Gasteiger partial charge is 0.255 e. The van der Waals surface area contributed by atoms with Gasteiger partial charge in [-0.05, 0) is 24.4 Å². The van der Waals surface area contributed by atoms with Crippen LogP contribution < -0.4 is 0 Å². The van der Waals surface area contributed by atoms with E-state index in [4.69, 9.17) is 0 Å². The summed E-state index contributed by atoms with van der Waals surface area (Å²) in [4.78, 5) is 17.0. The van der Waals surface area contributed by atoms with E-state index in [9.17, 15) is 4.79 Å². The quantitative estimate of drug-likeness (QED) is 0.548. The van der Waals surface area contributed by atoms with Gasteiger partial charge in [-0.25, -0.2) is 0 Å². The van der Waals surface area contributed by atoms with Gasteiger partial charge in [0.2, 0.25) is 0 Å². The van der Waals surface area contributed by atoms with Gasteiger partial charge in [-0.3, -0.25) is 4.79 Å². The highest BCUT2D eigenvalue weighted by Crippen LogP contribution is 2.18. The Bertz CT molecular complexity index is 395. The first-order valence-electron chi connectivity index (χ1n) is 4.05. The number of hydrogen-bond acceptors (Lipinski definition) is 3. The Kier molecular flexibility index (Phi) is 3.51. The molecule has 0 unspecified atom stereocenters. The lowest BCUT2D eigenvalue weighted by Crippen LogP contribution is -2.21. The van der Waals surface area contributed by atoms with E-state index in [0.717, 1.165) is 0 Å². The van der Waals surface area contributed by atoms with Crippen LogP contribution in [0.15, 0.2) is 29.3 Å². The first kappa shape index (κ1) is 10.6. The summed E-state index contributed by atoms with van der Waals surface area (Å²) in [6.45, 7) is 0. The molecule has 0 spiro atoms. The highest BCUT2D eigenvalue weighted by molar-refractivity contribution is 7.78. The van der Waals surface area contributed by atoms with Crippen molar-refractivity contribution in [2.45, 2.75) is 0 Å². The molecule has 3 nitrogen and oxygen atoms in total. The molecule has 1 rings (SSSR count). The monoisotopic (exact) mass is 206 g/mol. The number of carbonyl (C=O) groups is 1. The van der Waals surface area contributed by atoms with Gasteiger partial charge < -0.3 is 4.90 Å². The van der Waals surface area contributed by atoms with Crippen LogP contribution in [-0.4, -0.2) is 30.1 Å². The molecule has 0 fully saturated rings. The molecule has 1 aromatic carbocycles. The van der Waals surface area contributed by atoms with Gasteiger partial charge in [-0.1, -0.05) is 12.1 Å². The molecular formula is C10H10N2OS. The summed E-state index contributed by atoms with van der Waals surface area (Å²) >= 11 is 4.50. The molecule has 1 amide bonds. The summed E-state index contributed by atoms with van der Waals surface area (Å²) < 4.78 is 0. The number of isothiocyanates is 1. The van der Waals surface area contributed by atoms with E-state index >= 15 is 0 Å². The maximum absolute atomic E-state index is 11.6. The maximum atomic E-state index is 11.6. The summed E-state index contributed by atoms with van der Waals surface area (Å²) in [7, 11) is 3.39. The second kappa shape index (κ2) is 4.65. The zero-order valence-electron chi connectivity index (χ0n) is 8.02. The highest BCUT2D eigenvalue weighted by Gasteiger charge is 2.11. The van der Waals surface area contributed by atoms with Crippen molar-refractivity contribution in [2.24, 2.45) is 4.99 Å². The molecular weight excluding hydrogens is 196 g/mol. The second-order valence-corrected chi connectivity index (χ2v) is 3.10. The molecule has 0 saturated heterocycles. The van der Waals surface area contributed by atoms with Gasteiger partial charge in [0.1, 0.15) is 0 Å². The van der Waals surface area contributed by atoms with Crippen LogP contribution in [0.4, 0.5) is 5.69 Å². The molecule has 4 heteroatoms. The largest absolute Gasteiger partial charge is 0.345 e. The Hall–Kier alpha value is -1.51. The second-order valence-electron chi connectivity index (χ2n) is 2.92. The third-order valence-corrected chi connectivity index (χ3v) is 1.80. The molecule has 0 aromatic heterocycles. The molecule has 0 aliphatic heterocycles. The molecule has 0 aliphatic carbocycles. The van der Waals surface area contributed by atoms with Crippen LogP contribution in [0, 0.1) is 0 Å². The van der Waals surface area contributed by atoms with Gasteiger partial charge in [0.25, 0.3) is 5.91 Å². The standard InChI is InChI=1S/C10H10N2OS/c1-12(2)10(13)8-5-3-4-6-9(8)11-7-14/h3-6H,1-2H3. The average molecular weight is 206 g/mol. The van der Waals surface area contributed by atoms with Crippen molar-refractivity contribution in [1.29, 1.82) is 0 Å². The number of thiocarbonyl (C=S) groups is 1. The summed E-state index contributed by atoms with van der Waals surface area (Å²) in [5, 5.41) is 2.26. The minimum Gasteiger partial charge on any atom is -0.345 e. The van der Waals surface area contributed by atoms with Crippen LogP contribution >= 0.6 is 12.2 Å². The number of benzene rings is 1. The van der Waals surface area contributed by atoms with E-state index in [2.05, 4.69) is 22.4 Å². The fourth-order valence-electron chi connectivity index (χ4n) is 1.04. The van der Waals surface area contributed by atoms with Crippen LogP contribution in [0.5, 0.6) is 0 Å². The van der Waals surface area contributed by atoms with E-state index in [-0.39, 0.29) is 5.91 Å². The number of aliphatic imine (C=N–C) groups is 1. The summed E-state index contributed by atoms with van der Waals surface area (Å²) in [6, 6.07) is 7.04. The Morgan fingerprint density at radius 3 is 2.64 bits per heavy atom. The summed E-state index contributed by atoms with van der Waals surface area (Å²) in [5.41, 5.74) is 1.09. The van der Waals surface area contributed by atoms with Crippen molar-refractivity contribution >= 4 is 29.0 Å². The Morgan fingerprint density at radius 1 is 1.43 bits per heavy atom. The van der Waals surface area contributed by atoms with E-state index in [1.165, 1.54) is 4.90 Å². The molecule has 0 radical (unpaired) electrons. The molecule has 0 N–H and O–H groups in total. The van der Waals surface area contributed by atoms with Gasteiger partial charge in [0, 0.05) is 14.1 Å². The Labute approximate surface area is 88.1 Å². The zero-order valence-corrected chi connectivity index (χ0v) is 8.84. The number of amides is 1. The van der Waals surface area contributed by atoms with Crippen molar-refractivity contribution in [3.63, 3.8) is 0 Å². The lowest BCUT2D eigenvalue weighted by Gasteiger charge is -2.11. The number of nitrogens with zero attached hydrogens (tertiary/aromatic N) is 2. The highest BCUT2D eigenvalue weighted by atomic mass is 32.1. The first-order chi connectivity index (χ1) is 6.66. The predicted octanol–water partition coefficient (Wildman–Crippen LogP) is 2.12. The minimum atomic E-state index is -0.0883. The topological polar surface area (TPSA) is 32.7 Å². The van der Waals surface area contributed by atoms with Gasteiger partial charge in [0.05, 0.1) is 16.4 Å². The van der Waals surface area contributed by atoms with Crippen molar-refractivity contribution in [2.75, 3.05) is 14.1 Å². The zero-order chi connectivity index (χ0) is 10.6. The van der Waals surface area contributed by atoms with E-state index in [0.29, 0.717) is 11.3 Å². The van der Waals surface area contributed by atoms with E-state index in [1.54, 1.807) is 38.4 Å². The molecule has 1 aromatic rings. The van der Waals surface area contributed by atoms with Crippen molar-refractivity contribution < 1.29 is 4.79 Å². The fraction of sp³-hybridized carbons (Fsp3) is 0.200. The lowest BCUT2D eigenvalue weighted by molar-refractivity contribution is 0.0828. The number of carbonyl (C=O) groups excluding carboxylic acids is 1. The van der Waals surface area contributed by atoms with E-state index < -0.39 is 0 Å². The normalized spacial score (nSPS) is 9.00. The molecule has 0 heterocycles.